The summed E-state index contributed by atoms with van der Waals surface area (Å²) in [7, 11) is 0. The van der Waals surface area contributed by atoms with Crippen LogP contribution < -0.4 is 5.73 Å². The minimum Gasteiger partial charge on any atom is -0.341 e. The summed E-state index contributed by atoms with van der Waals surface area (Å²) in [6.07, 6.45) is 9.39. The van der Waals surface area contributed by atoms with E-state index in [0.29, 0.717) is 0 Å². The molecular formula is C14H22N4. The number of aromatic nitrogens is 3. The van der Waals surface area contributed by atoms with Gasteiger partial charge in [-0.2, -0.15) is 0 Å². The van der Waals surface area contributed by atoms with Gasteiger partial charge in [-0.05, 0) is 31.4 Å². The molecule has 2 aromatic rings. The second kappa shape index (κ2) is 6.50. The Hall–Kier alpha value is -1.42. The molecule has 0 saturated heterocycles. The second-order valence-electron chi connectivity index (χ2n) is 4.85. The molecule has 0 spiro atoms. The van der Waals surface area contributed by atoms with Gasteiger partial charge in [0.1, 0.15) is 5.82 Å². The molecule has 0 aromatic carbocycles. The lowest BCUT2D eigenvalue weighted by Crippen LogP contribution is -2.10. The van der Waals surface area contributed by atoms with E-state index in [1.165, 1.54) is 12.8 Å². The molecule has 0 aliphatic rings. The van der Waals surface area contributed by atoms with E-state index < -0.39 is 0 Å². The quantitative estimate of drug-likeness (QED) is 0.789. The summed E-state index contributed by atoms with van der Waals surface area (Å²) < 4.78 is 0. The van der Waals surface area contributed by atoms with E-state index in [4.69, 9.17) is 5.73 Å². The molecule has 0 fully saturated rings. The Morgan fingerprint density at radius 3 is 2.94 bits per heavy atom. The predicted molar refractivity (Wildman–Crippen MR) is 74.3 cm³/mol. The van der Waals surface area contributed by atoms with Crippen LogP contribution in [-0.2, 0) is 6.42 Å². The van der Waals surface area contributed by atoms with Crippen molar-refractivity contribution in [3.05, 3.63) is 24.3 Å². The van der Waals surface area contributed by atoms with Crippen molar-refractivity contribution < 1.29 is 0 Å². The number of pyridine rings is 1. The van der Waals surface area contributed by atoms with Crippen LogP contribution in [0.4, 0.5) is 0 Å². The molecule has 2 heterocycles. The Morgan fingerprint density at radius 1 is 1.33 bits per heavy atom. The number of hydrogen-bond donors (Lipinski definition) is 2. The maximum atomic E-state index is 5.66. The van der Waals surface area contributed by atoms with E-state index in [1.54, 1.807) is 6.20 Å². The largest absolute Gasteiger partial charge is 0.341 e. The van der Waals surface area contributed by atoms with Crippen LogP contribution in [0.15, 0.2) is 18.5 Å². The lowest BCUT2D eigenvalue weighted by atomic mass is 9.94. The first kappa shape index (κ1) is 13.0. The Bertz CT molecular complexity index is 438. The second-order valence-corrected chi connectivity index (χ2v) is 4.85. The molecule has 0 aliphatic carbocycles. The van der Waals surface area contributed by atoms with E-state index >= 15 is 0 Å². The maximum absolute atomic E-state index is 5.66. The minimum atomic E-state index is 0.728. The average molecular weight is 246 g/mol. The van der Waals surface area contributed by atoms with Crippen LogP contribution in [-0.4, -0.2) is 21.5 Å². The summed E-state index contributed by atoms with van der Waals surface area (Å²) >= 11 is 0. The predicted octanol–water partition coefficient (Wildman–Crippen LogP) is 2.66. The number of nitrogens with zero attached hydrogens (tertiary/aromatic N) is 2. The van der Waals surface area contributed by atoms with Gasteiger partial charge < -0.3 is 10.7 Å². The molecule has 98 valence electrons. The van der Waals surface area contributed by atoms with Crippen LogP contribution >= 0.6 is 0 Å². The van der Waals surface area contributed by atoms with Crippen LogP contribution in [0.2, 0.25) is 0 Å². The molecule has 0 amide bonds. The van der Waals surface area contributed by atoms with Gasteiger partial charge in [-0.1, -0.05) is 19.8 Å². The van der Waals surface area contributed by atoms with Crippen LogP contribution in [0, 0.1) is 5.92 Å². The molecular weight excluding hydrogens is 224 g/mol. The molecule has 0 saturated carbocycles. The van der Waals surface area contributed by atoms with Crippen molar-refractivity contribution in [3.63, 3.8) is 0 Å². The monoisotopic (exact) mass is 246 g/mol. The number of imidazole rings is 1. The van der Waals surface area contributed by atoms with Crippen LogP contribution in [0.5, 0.6) is 0 Å². The summed E-state index contributed by atoms with van der Waals surface area (Å²) in [6, 6.07) is 1.94. The van der Waals surface area contributed by atoms with Crippen molar-refractivity contribution in [2.24, 2.45) is 11.7 Å². The van der Waals surface area contributed by atoms with E-state index in [0.717, 1.165) is 48.6 Å². The minimum absolute atomic E-state index is 0.728. The Morgan fingerprint density at radius 2 is 2.22 bits per heavy atom. The Kier molecular flexibility index (Phi) is 4.70. The standard InChI is InChI=1S/C14H22N4/c1-2-3-11(6-8-15)4-5-14-17-12-7-9-16-10-13(12)18-14/h7,9-11H,2-6,8,15H2,1H3,(H,17,18). The van der Waals surface area contributed by atoms with Gasteiger partial charge >= 0.3 is 0 Å². The highest BCUT2D eigenvalue weighted by Gasteiger charge is 2.09. The van der Waals surface area contributed by atoms with Gasteiger partial charge in [0.15, 0.2) is 0 Å². The van der Waals surface area contributed by atoms with Gasteiger partial charge in [0.2, 0.25) is 0 Å². The summed E-state index contributed by atoms with van der Waals surface area (Å²) in [6.45, 7) is 3.02. The third-order valence-electron chi connectivity index (χ3n) is 3.39. The molecule has 0 radical (unpaired) electrons. The molecule has 2 aromatic heterocycles. The lowest BCUT2D eigenvalue weighted by molar-refractivity contribution is 0.418. The fraction of sp³-hybridized carbons (Fsp3) is 0.571. The van der Waals surface area contributed by atoms with E-state index in [9.17, 15) is 0 Å². The number of nitrogens with two attached hydrogens (primary N) is 1. The molecule has 3 N–H and O–H groups in total. The number of fused-ring (bicyclic) bond motifs is 1. The first-order valence-corrected chi connectivity index (χ1v) is 6.82. The van der Waals surface area contributed by atoms with Gasteiger partial charge in [-0.25, -0.2) is 4.98 Å². The van der Waals surface area contributed by atoms with Crippen LogP contribution in [0.25, 0.3) is 11.0 Å². The fourth-order valence-electron chi connectivity index (χ4n) is 2.45. The number of hydrogen-bond acceptors (Lipinski definition) is 3. The lowest BCUT2D eigenvalue weighted by Gasteiger charge is -2.13. The number of aryl methyl sites for hydroxylation is 1. The summed E-state index contributed by atoms with van der Waals surface area (Å²) in [4.78, 5) is 12.0. The van der Waals surface area contributed by atoms with Gasteiger partial charge in [-0.3, -0.25) is 4.98 Å². The number of rotatable bonds is 7. The van der Waals surface area contributed by atoms with E-state index in [-0.39, 0.29) is 0 Å². The number of H-pyrrole nitrogens is 1. The topological polar surface area (TPSA) is 67.6 Å². The SMILES string of the molecule is CCCC(CCN)CCc1nc2ccncc2[nH]1. The zero-order valence-corrected chi connectivity index (χ0v) is 11.0. The molecule has 1 unspecified atom stereocenters. The van der Waals surface area contributed by atoms with Crippen molar-refractivity contribution >= 4 is 11.0 Å². The van der Waals surface area contributed by atoms with Crippen LogP contribution in [0.1, 0.15) is 38.4 Å². The highest BCUT2D eigenvalue weighted by molar-refractivity contribution is 5.73. The molecule has 4 heteroatoms. The highest BCUT2D eigenvalue weighted by Crippen LogP contribution is 2.18. The third-order valence-corrected chi connectivity index (χ3v) is 3.39. The maximum Gasteiger partial charge on any atom is 0.107 e. The van der Waals surface area contributed by atoms with Crippen molar-refractivity contribution in [2.75, 3.05) is 6.54 Å². The molecule has 0 aliphatic heterocycles. The number of nitrogens with one attached hydrogen (secondary N) is 1. The highest BCUT2D eigenvalue weighted by atomic mass is 14.9. The van der Waals surface area contributed by atoms with E-state index in [1.807, 2.05) is 12.3 Å². The van der Waals surface area contributed by atoms with Crippen LogP contribution in [0.3, 0.4) is 0 Å². The summed E-state index contributed by atoms with van der Waals surface area (Å²) in [5.74, 6) is 1.79. The molecule has 0 bridgehead atoms. The first-order valence-electron chi connectivity index (χ1n) is 6.82. The Labute approximate surface area is 108 Å². The first-order chi connectivity index (χ1) is 8.83. The van der Waals surface area contributed by atoms with Crippen molar-refractivity contribution in [3.8, 4) is 0 Å². The Balaban J connectivity index is 1.95. The third kappa shape index (κ3) is 3.29. The molecule has 2 rings (SSSR count). The smallest absolute Gasteiger partial charge is 0.107 e. The average Bonchev–Trinajstić information content (AvgIpc) is 2.79. The summed E-state index contributed by atoms with van der Waals surface area (Å²) in [5, 5.41) is 0. The summed E-state index contributed by atoms with van der Waals surface area (Å²) in [5.41, 5.74) is 7.69. The van der Waals surface area contributed by atoms with E-state index in [2.05, 4.69) is 21.9 Å². The van der Waals surface area contributed by atoms with Gasteiger partial charge in [-0.15, -0.1) is 0 Å². The number of aromatic amines is 1. The molecule has 4 nitrogen and oxygen atoms in total. The molecule has 18 heavy (non-hydrogen) atoms. The van der Waals surface area contributed by atoms with Gasteiger partial charge in [0.05, 0.1) is 17.2 Å². The van der Waals surface area contributed by atoms with Crippen molar-refractivity contribution in [2.45, 2.75) is 39.0 Å². The van der Waals surface area contributed by atoms with Gasteiger partial charge in [0.25, 0.3) is 0 Å². The zero-order valence-electron chi connectivity index (χ0n) is 11.0. The fourth-order valence-corrected chi connectivity index (χ4v) is 2.45. The zero-order chi connectivity index (χ0) is 12.8. The van der Waals surface area contributed by atoms with Gasteiger partial charge in [0, 0.05) is 12.6 Å². The normalized spacial score (nSPS) is 13.0. The van der Waals surface area contributed by atoms with Crippen molar-refractivity contribution in [1.29, 1.82) is 0 Å². The van der Waals surface area contributed by atoms with Crippen molar-refractivity contribution in [1.82, 2.24) is 15.0 Å². The molecule has 1 atom stereocenters.